The zero-order chi connectivity index (χ0) is 27.1. The first kappa shape index (κ1) is 25.7. The number of carbonyl (C=O) groups is 2. The molecule has 5 aromatic carbocycles. The summed E-state index contributed by atoms with van der Waals surface area (Å²) in [5, 5.41) is 13.1. The van der Waals surface area contributed by atoms with Crippen LogP contribution in [0.25, 0.3) is 11.1 Å². The number of carboxylic acids is 1. The van der Waals surface area contributed by atoms with Crippen molar-refractivity contribution in [1.29, 1.82) is 0 Å². The second-order valence-electron chi connectivity index (χ2n) is 9.48. The Hall–Kier alpha value is -4.96. The number of aliphatic carboxylic acids is 1. The third-order valence-electron chi connectivity index (χ3n) is 7.07. The van der Waals surface area contributed by atoms with E-state index in [1.807, 2.05) is 146 Å². The van der Waals surface area contributed by atoms with E-state index in [4.69, 9.17) is 0 Å². The van der Waals surface area contributed by atoms with Gasteiger partial charge in [0.25, 0.3) is 0 Å². The monoisotopic (exact) mass is 511 g/mol. The number of amides is 1. The van der Waals surface area contributed by atoms with Gasteiger partial charge in [0.1, 0.15) is 11.5 Å². The highest BCUT2D eigenvalue weighted by Crippen LogP contribution is 2.39. The van der Waals surface area contributed by atoms with E-state index in [0.717, 1.165) is 33.4 Å². The molecule has 0 aliphatic carbocycles. The summed E-state index contributed by atoms with van der Waals surface area (Å²) in [4.78, 5) is 26.9. The first-order valence-corrected chi connectivity index (χ1v) is 12.9. The topological polar surface area (TPSA) is 66.4 Å². The first-order valence-electron chi connectivity index (χ1n) is 12.9. The lowest BCUT2D eigenvalue weighted by molar-refractivity contribution is -0.142. The zero-order valence-electron chi connectivity index (χ0n) is 21.4. The van der Waals surface area contributed by atoms with Gasteiger partial charge in [0, 0.05) is 6.42 Å². The van der Waals surface area contributed by atoms with Crippen molar-refractivity contribution in [3.63, 3.8) is 0 Å². The Bertz CT molecular complexity index is 1420. The van der Waals surface area contributed by atoms with Crippen molar-refractivity contribution in [3.05, 3.63) is 168 Å². The van der Waals surface area contributed by atoms with E-state index in [2.05, 4.69) is 5.32 Å². The molecule has 4 heteroatoms. The fourth-order valence-electron chi connectivity index (χ4n) is 5.12. The number of nitrogens with one attached hydrogen (secondary N) is 1. The smallest absolute Gasteiger partial charge is 0.326 e. The third kappa shape index (κ3) is 5.36. The lowest BCUT2D eigenvalue weighted by atomic mass is 9.68. The van der Waals surface area contributed by atoms with Crippen LogP contribution >= 0.6 is 0 Å². The summed E-state index contributed by atoms with van der Waals surface area (Å²) in [6.07, 6.45) is 0.157. The van der Waals surface area contributed by atoms with Crippen LogP contribution in [0.1, 0.15) is 22.3 Å². The van der Waals surface area contributed by atoms with Crippen LogP contribution in [0.5, 0.6) is 0 Å². The van der Waals surface area contributed by atoms with Crippen molar-refractivity contribution < 1.29 is 14.7 Å². The molecule has 0 aliphatic heterocycles. The van der Waals surface area contributed by atoms with Gasteiger partial charge in [-0.2, -0.15) is 0 Å². The van der Waals surface area contributed by atoms with Crippen molar-refractivity contribution in [3.8, 4) is 11.1 Å². The molecule has 0 aliphatic rings. The van der Waals surface area contributed by atoms with Gasteiger partial charge in [0.05, 0.1) is 0 Å². The van der Waals surface area contributed by atoms with Crippen LogP contribution in [-0.2, 0) is 21.4 Å². The van der Waals surface area contributed by atoms with E-state index in [9.17, 15) is 14.7 Å². The summed E-state index contributed by atoms with van der Waals surface area (Å²) in [7, 11) is 0. The van der Waals surface area contributed by atoms with Gasteiger partial charge in [-0.05, 0) is 33.4 Å². The number of carboxylic acid groups (broad SMARTS) is 1. The molecule has 0 spiro atoms. The maximum Gasteiger partial charge on any atom is 0.326 e. The lowest BCUT2D eigenvalue weighted by Crippen LogP contribution is -2.52. The predicted molar refractivity (Wildman–Crippen MR) is 154 cm³/mol. The van der Waals surface area contributed by atoms with Crippen molar-refractivity contribution in [2.75, 3.05) is 0 Å². The molecule has 0 unspecified atom stereocenters. The summed E-state index contributed by atoms with van der Waals surface area (Å²) in [5.41, 5.74) is 4.00. The summed E-state index contributed by atoms with van der Waals surface area (Å²) < 4.78 is 0. The molecule has 0 saturated heterocycles. The summed E-state index contributed by atoms with van der Waals surface area (Å²) in [6, 6.07) is 45.3. The van der Waals surface area contributed by atoms with E-state index in [1.165, 1.54) is 0 Å². The van der Waals surface area contributed by atoms with Crippen LogP contribution in [0.15, 0.2) is 146 Å². The minimum atomic E-state index is -1.24. The molecule has 4 nitrogen and oxygen atoms in total. The quantitative estimate of drug-likeness (QED) is 0.222. The number of rotatable bonds is 9. The lowest BCUT2D eigenvalue weighted by Gasteiger charge is -2.35. The second kappa shape index (κ2) is 11.6. The molecular weight excluding hydrogens is 482 g/mol. The van der Waals surface area contributed by atoms with Gasteiger partial charge in [-0.1, -0.05) is 146 Å². The van der Waals surface area contributed by atoms with Gasteiger partial charge in [0.15, 0.2) is 0 Å². The molecule has 39 heavy (non-hydrogen) atoms. The molecule has 1 amide bonds. The van der Waals surface area contributed by atoms with Gasteiger partial charge in [-0.3, -0.25) is 4.79 Å². The fourth-order valence-corrected chi connectivity index (χ4v) is 5.12. The van der Waals surface area contributed by atoms with E-state index in [1.54, 1.807) is 0 Å². The predicted octanol–water partition coefficient (Wildman–Crippen LogP) is 6.50. The van der Waals surface area contributed by atoms with Crippen LogP contribution < -0.4 is 5.32 Å². The second-order valence-corrected chi connectivity index (χ2v) is 9.48. The van der Waals surface area contributed by atoms with Gasteiger partial charge in [-0.25, -0.2) is 4.79 Å². The van der Waals surface area contributed by atoms with Crippen LogP contribution in [0.4, 0.5) is 0 Å². The molecule has 192 valence electrons. The van der Waals surface area contributed by atoms with E-state index < -0.39 is 17.4 Å². The van der Waals surface area contributed by atoms with Crippen LogP contribution in [-0.4, -0.2) is 23.0 Å². The summed E-state index contributed by atoms with van der Waals surface area (Å²) >= 11 is 0. The van der Waals surface area contributed by atoms with E-state index in [0.29, 0.717) is 0 Å². The Labute approximate surface area is 228 Å². The standard InChI is InChI=1S/C35H29NO3/c37-33(38)32(25-26-21-23-28(24-22-26)27-13-5-1-6-14-27)36-34(39)35(29-15-7-2-8-16-29,30-17-9-3-10-18-30)31-19-11-4-12-20-31/h1-24,32H,25H2,(H,36,39)(H,37,38)/t32-/m0/s1. The maximum absolute atomic E-state index is 14.4. The van der Waals surface area contributed by atoms with Crippen molar-refractivity contribution in [2.45, 2.75) is 17.9 Å². The number of hydrogen-bond acceptors (Lipinski definition) is 2. The largest absolute Gasteiger partial charge is 0.480 e. The van der Waals surface area contributed by atoms with Crippen LogP contribution in [0, 0.1) is 0 Å². The molecule has 2 N–H and O–H groups in total. The molecule has 0 bridgehead atoms. The molecule has 5 aromatic rings. The molecule has 0 aromatic heterocycles. The molecule has 0 radical (unpaired) electrons. The zero-order valence-corrected chi connectivity index (χ0v) is 21.4. The van der Waals surface area contributed by atoms with E-state index in [-0.39, 0.29) is 12.3 Å². The van der Waals surface area contributed by atoms with Crippen LogP contribution in [0.3, 0.4) is 0 Å². The Morgan fingerprint density at radius 3 is 1.36 bits per heavy atom. The summed E-state index contributed by atoms with van der Waals surface area (Å²) in [5.74, 6) is -1.47. The highest BCUT2D eigenvalue weighted by atomic mass is 16.4. The Morgan fingerprint density at radius 2 is 0.949 bits per heavy atom. The Morgan fingerprint density at radius 1 is 0.564 bits per heavy atom. The van der Waals surface area contributed by atoms with Crippen molar-refractivity contribution >= 4 is 11.9 Å². The number of benzene rings is 5. The minimum absolute atomic E-state index is 0.157. The average Bonchev–Trinajstić information content (AvgIpc) is 3.00. The van der Waals surface area contributed by atoms with Crippen molar-refractivity contribution in [2.24, 2.45) is 0 Å². The molecule has 5 rings (SSSR count). The Kier molecular flexibility index (Phi) is 7.65. The molecule has 0 fully saturated rings. The first-order chi connectivity index (χ1) is 19.1. The highest BCUT2D eigenvalue weighted by Gasteiger charge is 2.45. The van der Waals surface area contributed by atoms with Gasteiger partial charge in [0.2, 0.25) is 5.91 Å². The van der Waals surface area contributed by atoms with E-state index >= 15 is 0 Å². The fraction of sp³-hybridized carbons (Fsp3) is 0.0857. The molecule has 0 saturated carbocycles. The summed E-state index contributed by atoms with van der Waals surface area (Å²) in [6.45, 7) is 0. The average molecular weight is 512 g/mol. The van der Waals surface area contributed by atoms with Gasteiger partial charge >= 0.3 is 5.97 Å². The van der Waals surface area contributed by atoms with Gasteiger partial charge in [-0.15, -0.1) is 0 Å². The molecule has 1 atom stereocenters. The van der Waals surface area contributed by atoms with Crippen LogP contribution in [0.2, 0.25) is 0 Å². The molecule has 0 heterocycles. The minimum Gasteiger partial charge on any atom is -0.480 e. The normalized spacial score (nSPS) is 11.9. The van der Waals surface area contributed by atoms with Gasteiger partial charge < -0.3 is 10.4 Å². The van der Waals surface area contributed by atoms with Crippen molar-refractivity contribution in [1.82, 2.24) is 5.32 Å². The highest BCUT2D eigenvalue weighted by molar-refractivity contribution is 5.98. The molecular formula is C35H29NO3. The number of hydrogen-bond donors (Lipinski definition) is 2. The third-order valence-corrected chi connectivity index (χ3v) is 7.07. The Balaban J connectivity index is 1.52. The maximum atomic E-state index is 14.4. The number of carbonyl (C=O) groups excluding carboxylic acids is 1. The SMILES string of the molecule is O=C(O)[C@H](Cc1ccc(-c2ccccc2)cc1)NC(=O)C(c1ccccc1)(c1ccccc1)c1ccccc1.